The van der Waals surface area contributed by atoms with Crippen LogP contribution in [0.25, 0.3) is 0 Å². The number of carboxylic acid groups (broad SMARTS) is 1. The van der Waals surface area contributed by atoms with Gasteiger partial charge in [-0.3, -0.25) is 9.69 Å². The molecule has 0 bridgehead atoms. The predicted octanol–water partition coefficient (Wildman–Crippen LogP) is 0.535. The molecular formula is C11H20N2O2. The molecule has 4 heteroatoms. The maximum Gasteiger partial charge on any atom is 0.321 e. The van der Waals surface area contributed by atoms with Crippen molar-refractivity contribution in [2.45, 2.75) is 31.7 Å². The third-order valence-corrected chi connectivity index (χ3v) is 3.62. The molecule has 0 aromatic heterocycles. The summed E-state index contributed by atoms with van der Waals surface area (Å²) in [6.07, 6.45) is 4.34. The molecule has 0 radical (unpaired) electrons. The standard InChI is InChI=1S/C11H20N2O2/c14-11(15)10(13-7-1-2-8-13)9-3-5-12-6-4-9/h9-10,12H,1-8H2,(H,14,15). The third-order valence-electron chi connectivity index (χ3n) is 3.62. The van der Waals surface area contributed by atoms with Crippen LogP contribution in [0.1, 0.15) is 25.7 Å². The van der Waals surface area contributed by atoms with Crippen LogP contribution in [0, 0.1) is 5.92 Å². The molecule has 4 nitrogen and oxygen atoms in total. The Balaban J connectivity index is 2.00. The van der Waals surface area contributed by atoms with Crippen molar-refractivity contribution >= 4 is 5.97 Å². The summed E-state index contributed by atoms with van der Waals surface area (Å²) in [4.78, 5) is 13.5. The first-order valence-corrected chi connectivity index (χ1v) is 5.96. The Hall–Kier alpha value is -0.610. The molecule has 1 unspecified atom stereocenters. The molecule has 2 saturated heterocycles. The first-order valence-electron chi connectivity index (χ1n) is 5.96. The number of aliphatic carboxylic acids is 1. The minimum Gasteiger partial charge on any atom is -0.480 e. The fourth-order valence-corrected chi connectivity index (χ4v) is 2.84. The molecule has 2 aliphatic heterocycles. The van der Waals surface area contributed by atoms with Gasteiger partial charge in [0.05, 0.1) is 0 Å². The van der Waals surface area contributed by atoms with Gasteiger partial charge in [0.1, 0.15) is 6.04 Å². The number of hydrogen-bond acceptors (Lipinski definition) is 3. The Labute approximate surface area is 90.6 Å². The van der Waals surface area contributed by atoms with E-state index in [-0.39, 0.29) is 6.04 Å². The summed E-state index contributed by atoms with van der Waals surface area (Å²) in [5.41, 5.74) is 0. The fraction of sp³-hybridized carbons (Fsp3) is 0.909. The molecule has 0 aromatic rings. The van der Waals surface area contributed by atoms with E-state index in [1.165, 1.54) is 0 Å². The second-order valence-corrected chi connectivity index (χ2v) is 4.61. The van der Waals surface area contributed by atoms with Gasteiger partial charge in [0.2, 0.25) is 0 Å². The van der Waals surface area contributed by atoms with Crippen molar-refractivity contribution in [1.29, 1.82) is 0 Å². The molecule has 2 fully saturated rings. The molecule has 0 aliphatic carbocycles. The maximum atomic E-state index is 11.3. The Morgan fingerprint density at radius 3 is 2.40 bits per heavy atom. The summed E-state index contributed by atoms with van der Waals surface area (Å²) in [7, 11) is 0. The molecule has 2 aliphatic rings. The zero-order valence-electron chi connectivity index (χ0n) is 9.11. The highest BCUT2D eigenvalue weighted by Crippen LogP contribution is 2.24. The van der Waals surface area contributed by atoms with E-state index in [1.54, 1.807) is 0 Å². The number of rotatable bonds is 3. The van der Waals surface area contributed by atoms with Crippen LogP contribution in [0.4, 0.5) is 0 Å². The van der Waals surface area contributed by atoms with Crippen molar-refractivity contribution in [3.63, 3.8) is 0 Å². The average Bonchev–Trinajstić information content (AvgIpc) is 2.72. The lowest BCUT2D eigenvalue weighted by atomic mass is 9.89. The highest BCUT2D eigenvalue weighted by Gasteiger charge is 2.35. The van der Waals surface area contributed by atoms with Gasteiger partial charge in [-0.15, -0.1) is 0 Å². The molecule has 2 N–H and O–H groups in total. The van der Waals surface area contributed by atoms with Gasteiger partial charge in [-0.25, -0.2) is 0 Å². The van der Waals surface area contributed by atoms with Gasteiger partial charge in [-0.05, 0) is 57.8 Å². The molecule has 0 amide bonds. The molecule has 1 atom stereocenters. The lowest BCUT2D eigenvalue weighted by molar-refractivity contribution is -0.145. The minimum atomic E-state index is -0.621. The highest BCUT2D eigenvalue weighted by atomic mass is 16.4. The lowest BCUT2D eigenvalue weighted by Gasteiger charge is -2.33. The van der Waals surface area contributed by atoms with Crippen molar-refractivity contribution in [2.24, 2.45) is 5.92 Å². The first kappa shape index (κ1) is 10.9. The monoisotopic (exact) mass is 212 g/mol. The first-order chi connectivity index (χ1) is 7.29. The number of nitrogens with one attached hydrogen (secondary N) is 1. The number of carbonyl (C=O) groups is 1. The van der Waals surface area contributed by atoms with Gasteiger partial charge >= 0.3 is 5.97 Å². The van der Waals surface area contributed by atoms with E-state index in [2.05, 4.69) is 10.2 Å². The summed E-state index contributed by atoms with van der Waals surface area (Å²) in [6.45, 7) is 3.90. The lowest BCUT2D eigenvalue weighted by Crippen LogP contribution is -2.48. The van der Waals surface area contributed by atoms with Crippen LogP contribution < -0.4 is 5.32 Å². The van der Waals surface area contributed by atoms with Gasteiger partial charge in [0, 0.05) is 0 Å². The fourth-order valence-electron chi connectivity index (χ4n) is 2.84. The van der Waals surface area contributed by atoms with E-state index in [9.17, 15) is 9.90 Å². The quantitative estimate of drug-likeness (QED) is 0.716. The van der Waals surface area contributed by atoms with Gasteiger partial charge in [0.15, 0.2) is 0 Å². The summed E-state index contributed by atoms with van der Waals surface area (Å²) < 4.78 is 0. The van der Waals surface area contributed by atoms with Crippen molar-refractivity contribution in [1.82, 2.24) is 10.2 Å². The van der Waals surface area contributed by atoms with Crippen LogP contribution in [-0.2, 0) is 4.79 Å². The Morgan fingerprint density at radius 1 is 1.27 bits per heavy atom. The molecular weight excluding hydrogens is 192 g/mol. The van der Waals surface area contributed by atoms with Crippen LogP contribution in [-0.4, -0.2) is 48.2 Å². The normalized spacial score (nSPS) is 26.7. The van der Waals surface area contributed by atoms with Gasteiger partial charge in [0.25, 0.3) is 0 Å². The minimum absolute atomic E-state index is 0.227. The summed E-state index contributed by atoms with van der Waals surface area (Å²) in [5.74, 6) is -0.273. The molecule has 2 heterocycles. The summed E-state index contributed by atoms with van der Waals surface area (Å²) in [5, 5.41) is 12.6. The van der Waals surface area contributed by atoms with Gasteiger partial charge < -0.3 is 10.4 Å². The average molecular weight is 212 g/mol. The molecule has 0 saturated carbocycles. The molecule has 86 valence electrons. The third kappa shape index (κ3) is 2.49. The number of nitrogens with zero attached hydrogens (tertiary/aromatic N) is 1. The van der Waals surface area contributed by atoms with Crippen LogP contribution in [0.15, 0.2) is 0 Å². The SMILES string of the molecule is O=C(O)C(C1CCNCC1)N1CCCC1. The van der Waals surface area contributed by atoms with Gasteiger partial charge in [-0.2, -0.15) is 0 Å². The smallest absolute Gasteiger partial charge is 0.321 e. The van der Waals surface area contributed by atoms with Crippen LogP contribution >= 0.6 is 0 Å². The number of carboxylic acids is 1. The molecule has 0 aromatic carbocycles. The van der Waals surface area contributed by atoms with Gasteiger partial charge in [-0.1, -0.05) is 0 Å². The van der Waals surface area contributed by atoms with E-state index >= 15 is 0 Å². The summed E-state index contributed by atoms with van der Waals surface area (Å²) in [6, 6.07) is -0.227. The topological polar surface area (TPSA) is 52.6 Å². The second kappa shape index (κ2) is 4.94. The van der Waals surface area contributed by atoms with E-state index in [4.69, 9.17) is 0 Å². The number of piperidine rings is 1. The van der Waals surface area contributed by atoms with Crippen molar-refractivity contribution < 1.29 is 9.90 Å². The maximum absolute atomic E-state index is 11.3. The van der Waals surface area contributed by atoms with E-state index in [1.807, 2.05) is 0 Å². The summed E-state index contributed by atoms with van der Waals surface area (Å²) >= 11 is 0. The Kier molecular flexibility index (Phi) is 3.59. The highest BCUT2D eigenvalue weighted by molar-refractivity contribution is 5.74. The van der Waals surface area contributed by atoms with Crippen LogP contribution in [0.3, 0.4) is 0 Å². The molecule has 15 heavy (non-hydrogen) atoms. The molecule has 0 spiro atoms. The largest absolute Gasteiger partial charge is 0.480 e. The Bertz CT molecular complexity index is 221. The van der Waals surface area contributed by atoms with E-state index < -0.39 is 5.97 Å². The molecule has 2 rings (SSSR count). The predicted molar refractivity (Wildman–Crippen MR) is 57.8 cm³/mol. The number of hydrogen-bond donors (Lipinski definition) is 2. The van der Waals surface area contributed by atoms with Crippen molar-refractivity contribution in [2.75, 3.05) is 26.2 Å². The van der Waals surface area contributed by atoms with Crippen molar-refractivity contribution in [3.05, 3.63) is 0 Å². The van der Waals surface area contributed by atoms with Crippen molar-refractivity contribution in [3.8, 4) is 0 Å². The van der Waals surface area contributed by atoms with Crippen LogP contribution in [0.2, 0.25) is 0 Å². The second-order valence-electron chi connectivity index (χ2n) is 4.61. The van der Waals surface area contributed by atoms with Crippen LogP contribution in [0.5, 0.6) is 0 Å². The Morgan fingerprint density at radius 2 is 1.87 bits per heavy atom. The zero-order chi connectivity index (χ0) is 10.7. The van der Waals surface area contributed by atoms with E-state index in [0.717, 1.165) is 51.9 Å². The van der Waals surface area contributed by atoms with E-state index in [0.29, 0.717) is 5.92 Å². The zero-order valence-corrected chi connectivity index (χ0v) is 9.11. The number of likely N-dealkylation sites (tertiary alicyclic amines) is 1.